The first-order valence-corrected chi connectivity index (χ1v) is 52.4. The van der Waals surface area contributed by atoms with Crippen LogP contribution in [0.25, 0.3) is 0 Å². The molecule has 758 valence electrons. The minimum absolute atomic E-state index is 0.0258. The van der Waals surface area contributed by atoms with Gasteiger partial charge in [-0.25, -0.2) is 24.0 Å². The van der Waals surface area contributed by atoms with Crippen molar-refractivity contribution in [3.8, 4) is 47.4 Å². The van der Waals surface area contributed by atoms with Gasteiger partial charge in [0.05, 0.1) is 13.2 Å². The molecular formula is C126H136N14O8. The first kappa shape index (κ1) is 104. The van der Waals surface area contributed by atoms with Gasteiger partial charge < -0.3 is 67.3 Å². The molecule has 10 N–H and O–H groups in total. The number of carbonyl (C=O) groups is 5. The van der Waals surface area contributed by atoms with Gasteiger partial charge >= 0.3 is 30.1 Å². The molecular weight excluding hydrogens is 1840 g/mol. The van der Waals surface area contributed by atoms with Crippen molar-refractivity contribution in [1.29, 1.82) is 0 Å². The number of urea groups is 4. The number of fused-ring (bicyclic) bond motifs is 4. The Labute approximate surface area is 872 Å². The zero-order valence-corrected chi connectivity index (χ0v) is 85.2. The highest BCUT2D eigenvalue weighted by Crippen LogP contribution is 2.47. The van der Waals surface area contributed by atoms with Crippen molar-refractivity contribution in [2.24, 2.45) is 11.5 Å². The summed E-state index contributed by atoms with van der Waals surface area (Å²) in [7, 11) is 0. The summed E-state index contributed by atoms with van der Waals surface area (Å²) >= 11 is 0. The van der Waals surface area contributed by atoms with Crippen molar-refractivity contribution in [1.82, 2.24) is 39.2 Å². The number of hydrogen-bond donors (Lipinski definition) is 8. The molecule has 8 fully saturated rings. The Morgan fingerprint density at radius 2 is 0.493 bits per heavy atom. The van der Waals surface area contributed by atoms with Gasteiger partial charge in [0.2, 0.25) is 0 Å². The highest BCUT2D eigenvalue weighted by atomic mass is 16.5. The van der Waals surface area contributed by atoms with E-state index in [1.165, 1.54) is 33.4 Å². The number of aliphatic hydroxyl groups excluding tert-OH is 1. The number of carbonyl (C=O) groups excluding carboxylic acids is 4. The monoisotopic (exact) mass is 1970 g/mol. The number of benzene rings is 12. The van der Waals surface area contributed by atoms with Crippen molar-refractivity contribution < 1.29 is 38.9 Å². The largest absolute Gasteiger partial charge is 0.480 e. The summed E-state index contributed by atoms with van der Waals surface area (Å²) in [5, 5.41) is 31.6. The number of ether oxygens (including phenoxy) is 1. The molecule has 8 saturated heterocycles. The van der Waals surface area contributed by atoms with Crippen LogP contribution in [0.15, 0.2) is 315 Å². The SMILES string of the molecule is Cc1ccc(NC(=O)N2CCCCN3[C@@H](CN)[C@H](c4ccc(C#Cc5ccccc5)cc4)[C@@H]3C2)cc1.Cc1ccc(NC(=O)N2CCCCN3[C@@H](CO)[C@H](c4ccc(C#Cc5ccccc5)cc4)[C@@H]3C2)cc1.Cc1ccc(NC(=O)N2CCCCN3[C@H](CN)[C@H](c4ccc(C#Cc5ccccc5)cc4)[C@@H]3C2)cc1.Cc1ccc(NC(=O)N2CCCCN3[C@H](COCC(=O)O)[C@H](c4ccc(C#Cc5ccccc5)cc4)[C@@H]3C2)cc1. The van der Waals surface area contributed by atoms with E-state index in [0.717, 1.165) is 176 Å². The molecule has 8 heterocycles. The molecule has 0 spiro atoms. The van der Waals surface area contributed by atoms with E-state index in [2.05, 4.69) is 173 Å². The van der Waals surface area contributed by atoms with E-state index in [-0.39, 0.29) is 85.4 Å². The lowest BCUT2D eigenvalue weighted by Crippen LogP contribution is -2.68. The Kier molecular flexibility index (Phi) is 36.3. The lowest BCUT2D eigenvalue weighted by Gasteiger charge is -2.57. The van der Waals surface area contributed by atoms with Gasteiger partial charge in [0.25, 0.3) is 0 Å². The number of aliphatic hydroxyl groups is 1. The number of carboxylic acid groups (broad SMARTS) is 1. The topological polar surface area (TPSA) is 261 Å². The molecule has 148 heavy (non-hydrogen) atoms. The average molecular weight is 1970 g/mol. The molecule has 22 heteroatoms. The Morgan fingerprint density at radius 1 is 0.284 bits per heavy atom. The highest BCUT2D eigenvalue weighted by molar-refractivity contribution is 5.91. The predicted octanol–water partition coefficient (Wildman–Crippen LogP) is 19.4. The summed E-state index contributed by atoms with van der Waals surface area (Å²) in [5.41, 5.74) is 33.2. The Bertz CT molecular complexity index is 6200. The van der Waals surface area contributed by atoms with Gasteiger partial charge in [0, 0.05) is 205 Å². The molecule has 12 aromatic carbocycles. The molecule has 0 saturated carbocycles. The summed E-state index contributed by atoms with van der Waals surface area (Å²) in [4.78, 5) is 81.5. The number of amides is 8. The molecule has 0 bridgehead atoms. The summed E-state index contributed by atoms with van der Waals surface area (Å²) in [6.07, 6.45) is 7.99. The van der Waals surface area contributed by atoms with E-state index in [1.54, 1.807) is 0 Å². The number of nitrogens with two attached hydrogens (primary N) is 2. The Balaban J connectivity index is 0.000000135. The number of rotatable bonds is 15. The fourth-order valence-electron chi connectivity index (χ4n) is 22.1. The highest BCUT2D eigenvalue weighted by Gasteiger charge is 2.54. The lowest BCUT2D eigenvalue weighted by atomic mass is 9.74. The Hall–Kier alpha value is -14.9. The Morgan fingerprint density at radius 3 is 0.723 bits per heavy atom. The van der Waals surface area contributed by atoms with Crippen molar-refractivity contribution in [2.45, 2.75) is 151 Å². The number of nitrogens with one attached hydrogen (secondary N) is 4. The number of hydrogen-bond acceptors (Lipinski definition) is 13. The number of aryl methyl sites for hydroxylation is 4. The zero-order chi connectivity index (χ0) is 103. The van der Waals surface area contributed by atoms with Crippen molar-refractivity contribution in [3.05, 3.63) is 404 Å². The molecule has 12 atom stereocenters. The maximum Gasteiger partial charge on any atom is 0.329 e. The third-order valence-corrected chi connectivity index (χ3v) is 30.0. The van der Waals surface area contributed by atoms with Crippen LogP contribution in [0.4, 0.5) is 41.9 Å². The standard InChI is InChI=1S/C33H35N3O4.2C31H34N4O.C31H33N3O2/c1-24-9-17-28(18-10-24)34-33(39)35-19-5-6-20-36-29(21-35)32(30(36)22-40-23-31(37)38)27-15-13-26(14-16-27)12-11-25-7-3-2-4-8-25;2*1-23-9-17-27(18-10-23)33-31(36)34-19-5-6-20-35-28(21-32)30(29(35)22-34)26-15-13-25(14-16-26)12-11-24-7-3-2-4-8-24;1-23-9-17-27(18-10-23)32-31(36)33-19-5-6-20-34-28(21-33)30(29(34)22-35)26-15-13-25(14-16-26)12-11-24-7-3-2-4-8-24/h2-4,7-10,13-18,29-30,32H,5-6,19-23H2,1H3,(H,34,39)(H,37,38);2*2-4,7-10,13-18,28-30H,5-6,19-22,32H2,1H3,(H,33,36);2-4,7-10,13-18,28-30,35H,5-6,19-22H2,1H3,(H,32,36)/t29-,30+,32+;28-,29+,30+;28-,29-,30-;28-,29-,30+/m0100/s1. The maximum absolute atomic E-state index is 13.3. The van der Waals surface area contributed by atoms with Gasteiger partial charge in [-0.15, -0.1) is 0 Å². The van der Waals surface area contributed by atoms with E-state index in [4.69, 9.17) is 21.3 Å². The fourth-order valence-corrected chi connectivity index (χ4v) is 22.1. The van der Waals surface area contributed by atoms with E-state index < -0.39 is 5.97 Å². The molecule has 12 aromatic rings. The molecule has 22 nitrogen and oxygen atoms in total. The third-order valence-electron chi connectivity index (χ3n) is 30.0. The third kappa shape index (κ3) is 27.3. The van der Waals surface area contributed by atoms with Crippen LogP contribution in [0.5, 0.6) is 0 Å². The molecule has 8 aliphatic heterocycles. The summed E-state index contributed by atoms with van der Waals surface area (Å²) < 4.78 is 5.59. The molecule has 8 amide bonds. The van der Waals surface area contributed by atoms with Crippen LogP contribution in [-0.4, -0.2) is 239 Å². The van der Waals surface area contributed by atoms with Crippen LogP contribution in [0.3, 0.4) is 0 Å². The predicted molar refractivity (Wildman–Crippen MR) is 591 cm³/mol. The van der Waals surface area contributed by atoms with Crippen LogP contribution in [0.2, 0.25) is 0 Å². The maximum atomic E-state index is 13.3. The van der Waals surface area contributed by atoms with Crippen molar-refractivity contribution in [2.75, 3.05) is 133 Å². The number of carboxylic acids is 1. The molecule has 0 radical (unpaired) electrons. The number of anilines is 4. The first-order valence-electron chi connectivity index (χ1n) is 52.4. The van der Waals surface area contributed by atoms with E-state index in [1.807, 2.05) is 278 Å². The van der Waals surface area contributed by atoms with Crippen LogP contribution in [-0.2, 0) is 9.53 Å². The average Bonchev–Trinajstić information content (AvgIpc) is 0.753. The van der Waals surface area contributed by atoms with E-state index in [9.17, 15) is 29.1 Å². The van der Waals surface area contributed by atoms with Crippen LogP contribution in [0.1, 0.15) is 164 Å². The molecule has 20 rings (SSSR count). The van der Waals surface area contributed by atoms with E-state index in [0.29, 0.717) is 76.3 Å². The van der Waals surface area contributed by atoms with Crippen LogP contribution >= 0.6 is 0 Å². The first-order chi connectivity index (χ1) is 72.3. The van der Waals surface area contributed by atoms with Gasteiger partial charge in [-0.05, 0) is 273 Å². The van der Waals surface area contributed by atoms with Gasteiger partial charge in [-0.3, -0.25) is 19.6 Å². The summed E-state index contributed by atoms with van der Waals surface area (Å²) in [6.45, 7) is 19.1. The normalized spacial score (nSPS) is 21.4. The second-order valence-electron chi connectivity index (χ2n) is 39.9. The summed E-state index contributed by atoms with van der Waals surface area (Å²) in [6, 6.07) is 107. The van der Waals surface area contributed by atoms with Crippen molar-refractivity contribution >= 4 is 52.8 Å². The van der Waals surface area contributed by atoms with Crippen molar-refractivity contribution in [3.63, 3.8) is 0 Å². The van der Waals surface area contributed by atoms with Crippen LogP contribution < -0.4 is 32.7 Å². The minimum Gasteiger partial charge on any atom is -0.480 e. The smallest absolute Gasteiger partial charge is 0.329 e. The fraction of sp³-hybridized carbons (Fsp3) is 0.325. The second kappa shape index (κ2) is 51.4. The molecule has 8 aliphatic rings. The minimum atomic E-state index is -0.972. The molecule has 0 aromatic heterocycles. The van der Waals surface area contributed by atoms with E-state index >= 15 is 0 Å². The van der Waals surface area contributed by atoms with Gasteiger partial charge in [-0.1, -0.05) is 239 Å². The quantitative estimate of drug-likeness (QED) is 0.0444. The van der Waals surface area contributed by atoms with Gasteiger partial charge in [-0.2, -0.15) is 0 Å². The van der Waals surface area contributed by atoms with Gasteiger partial charge in [0.15, 0.2) is 0 Å². The van der Waals surface area contributed by atoms with Crippen LogP contribution in [0, 0.1) is 75.1 Å². The molecule has 0 aliphatic carbocycles. The van der Waals surface area contributed by atoms with Gasteiger partial charge in [0.1, 0.15) is 6.61 Å². The second-order valence-corrected chi connectivity index (χ2v) is 39.9. The lowest BCUT2D eigenvalue weighted by molar-refractivity contribution is -0.145. The molecule has 0 unspecified atom stereocenters. The number of nitrogens with zero attached hydrogens (tertiary/aromatic N) is 8. The number of aliphatic carboxylic acids is 1. The zero-order valence-electron chi connectivity index (χ0n) is 85.2. The summed E-state index contributed by atoms with van der Waals surface area (Å²) in [5.74, 6) is 25.8.